The van der Waals surface area contributed by atoms with Crippen LogP contribution in [0.2, 0.25) is 0 Å². The van der Waals surface area contributed by atoms with Gasteiger partial charge in [0.15, 0.2) is 0 Å². The molecule has 1 amide bonds. The summed E-state index contributed by atoms with van der Waals surface area (Å²) in [6, 6.07) is 2.20. The molecule has 0 aromatic rings. The minimum absolute atomic E-state index is 0.143. The number of nitrogens with zero attached hydrogens (tertiary/aromatic N) is 2. The van der Waals surface area contributed by atoms with E-state index in [1.165, 1.54) is 12.6 Å². The highest BCUT2D eigenvalue weighted by atomic mass is 16.2. The van der Waals surface area contributed by atoms with Crippen LogP contribution >= 0.6 is 0 Å². The van der Waals surface area contributed by atoms with E-state index in [4.69, 9.17) is 5.26 Å². The molecular weight excluding hydrogens is 202 g/mol. The van der Waals surface area contributed by atoms with Gasteiger partial charge >= 0.3 is 0 Å². The van der Waals surface area contributed by atoms with Gasteiger partial charge in [0.1, 0.15) is 11.6 Å². The molecule has 0 radical (unpaired) electrons. The number of likely N-dealkylation sites (tertiary alicyclic amines) is 1. The van der Waals surface area contributed by atoms with Crippen LogP contribution in [-0.4, -0.2) is 29.9 Å². The first-order chi connectivity index (χ1) is 7.65. The van der Waals surface area contributed by atoms with E-state index < -0.39 is 0 Å². The Morgan fingerprint density at radius 3 is 2.50 bits per heavy atom. The van der Waals surface area contributed by atoms with Gasteiger partial charge in [-0.2, -0.15) is 5.26 Å². The van der Waals surface area contributed by atoms with Gasteiger partial charge in [-0.05, 0) is 33.1 Å². The quantitative estimate of drug-likeness (QED) is 0.579. The Balaban J connectivity index is 2.61. The van der Waals surface area contributed by atoms with Crippen molar-refractivity contribution in [1.82, 2.24) is 10.2 Å². The van der Waals surface area contributed by atoms with Crippen LogP contribution in [0, 0.1) is 11.3 Å². The van der Waals surface area contributed by atoms with Crippen molar-refractivity contribution in [1.29, 1.82) is 5.26 Å². The number of hydrogen-bond acceptors (Lipinski definition) is 3. The number of rotatable bonds is 3. The molecule has 0 atom stereocenters. The maximum atomic E-state index is 11.9. The number of hydrogen-bond donors (Lipinski definition) is 1. The highest BCUT2D eigenvalue weighted by Gasteiger charge is 2.19. The van der Waals surface area contributed by atoms with Crippen molar-refractivity contribution in [2.45, 2.75) is 39.2 Å². The maximum Gasteiger partial charge on any atom is 0.265 e. The molecule has 0 saturated carbocycles. The highest BCUT2D eigenvalue weighted by Crippen LogP contribution is 2.11. The number of nitrogens with one attached hydrogen (secondary N) is 1. The molecule has 16 heavy (non-hydrogen) atoms. The lowest BCUT2D eigenvalue weighted by atomic mass is 10.1. The second-order valence-electron chi connectivity index (χ2n) is 4.34. The molecule has 0 aromatic heterocycles. The molecule has 4 heteroatoms. The molecule has 1 heterocycles. The van der Waals surface area contributed by atoms with Crippen LogP contribution in [0.1, 0.15) is 33.1 Å². The molecule has 4 nitrogen and oxygen atoms in total. The molecule has 1 N–H and O–H groups in total. The number of piperidine rings is 1. The largest absolute Gasteiger partial charge is 0.387 e. The minimum atomic E-state index is -0.143. The summed E-state index contributed by atoms with van der Waals surface area (Å²) in [5, 5.41) is 11.9. The zero-order valence-electron chi connectivity index (χ0n) is 9.99. The summed E-state index contributed by atoms with van der Waals surface area (Å²) in [4.78, 5) is 13.7. The fourth-order valence-electron chi connectivity index (χ4n) is 1.66. The summed E-state index contributed by atoms with van der Waals surface area (Å²) in [5.41, 5.74) is 0.204. The Hall–Kier alpha value is -1.50. The first kappa shape index (κ1) is 12.6. The lowest BCUT2D eigenvalue weighted by molar-refractivity contribution is -0.127. The molecule has 0 spiro atoms. The van der Waals surface area contributed by atoms with Crippen molar-refractivity contribution in [3.63, 3.8) is 0 Å². The van der Waals surface area contributed by atoms with Crippen LogP contribution in [0.4, 0.5) is 0 Å². The van der Waals surface area contributed by atoms with E-state index >= 15 is 0 Å². The molecule has 0 aliphatic carbocycles. The molecule has 1 aliphatic heterocycles. The van der Waals surface area contributed by atoms with Crippen LogP contribution in [0.15, 0.2) is 11.8 Å². The van der Waals surface area contributed by atoms with Gasteiger partial charge in [-0.1, -0.05) is 0 Å². The smallest absolute Gasteiger partial charge is 0.265 e. The van der Waals surface area contributed by atoms with Crippen LogP contribution in [-0.2, 0) is 4.79 Å². The normalized spacial score (nSPS) is 17.1. The molecule has 88 valence electrons. The summed E-state index contributed by atoms with van der Waals surface area (Å²) >= 11 is 0. The van der Waals surface area contributed by atoms with E-state index in [0.717, 1.165) is 25.9 Å². The second kappa shape index (κ2) is 6.16. The zero-order chi connectivity index (χ0) is 12.0. The minimum Gasteiger partial charge on any atom is -0.387 e. The van der Waals surface area contributed by atoms with E-state index in [0.29, 0.717) is 0 Å². The zero-order valence-corrected chi connectivity index (χ0v) is 9.99. The summed E-state index contributed by atoms with van der Waals surface area (Å²) < 4.78 is 0. The van der Waals surface area contributed by atoms with Crippen molar-refractivity contribution in [2.75, 3.05) is 13.1 Å². The standard InChI is InChI=1S/C12H19N3O/c1-10(2)14-9-11(8-13)12(16)15-6-4-3-5-7-15/h9-10,14H,3-7H2,1-2H3/b11-9-. The Labute approximate surface area is 96.9 Å². The van der Waals surface area contributed by atoms with Gasteiger partial charge < -0.3 is 10.2 Å². The lowest BCUT2D eigenvalue weighted by Crippen LogP contribution is -2.36. The Morgan fingerprint density at radius 2 is 2.00 bits per heavy atom. The number of amides is 1. The maximum absolute atomic E-state index is 11.9. The Bertz CT molecular complexity index is 309. The molecule has 1 fully saturated rings. The van der Waals surface area contributed by atoms with Crippen molar-refractivity contribution < 1.29 is 4.79 Å². The summed E-state index contributed by atoms with van der Waals surface area (Å²) in [5.74, 6) is -0.143. The molecule has 0 bridgehead atoms. The van der Waals surface area contributed by atoms with Gasteiger partial charge in [-0.25, -0.2) is 0 Å². The number of carbonyl (C=O) groups is 1. The van der Waals surface area contributed by atoms with Gasteiger partial charge in [-0.3, -0.25) is 4.79 Å². The monoisotopic (exact) mass is 221 g/mol. The summed E-state index contributed by atoms with van der Waals surface area (Å²) in [6.45, 7) is 5.49. The van der Waals surface area contributed by atoms with Crippen molar-refractivity contribution in [3.05, 3.63) is 11.8 Å². The van der Waals surface area contributed by atoms with Crippen LogP contribution in [0.25, 0.3) is 0 Å². The number of nitriles is 1. The Morgan fingerprint density at radius 1 is 1.38 bits per heavy atom. The van der Waals surface area contributed by atoms with E-state index in [2.05, 4.69) is 5.32 Å². The highest BCUT2D eigenvalue weighted by molar-refractivity contribution is 5.97. The topological polar surface area (TPSA) is 56.1 Å². The summed E-state index contributed by atoms with van der Waals surface area (Å²) in [6.07, 6.45) is 4.80. The molecule has 0 unspecified atom stereocenters. The van der Waals surface area contributed by atoms with Crippen molar-refractivity contribution >= 4 is 5.91 Å². The average molecular weight is 221 g/mol. The van der Waals surface area contributed by atoms with Crippen molar-refractivity contribution in [3.8, 4) is 6.07 Å². The first-order valence-electron chi connectivity index (χ1n) is 5.80. The molecule has 0 aromatic carbocycles. The van der Waals surface area contributed by atoms with Gasteiger partial charge in [0, 0.05) is 25.3 Å². The van der Waals surface area contributed by atoms with Gasteiger partial charge in [-0.15, -0.1) is 0 Å². The fraction of sp³-hybridized carbons (Fsp3) is 0.667. The predicted molar refractivity (Wildman–Crippen MR) is 62.4 cm³/mol. The predicted octanol–water partition coefficient (Wildman–Crippen LogP) is 1.40. The first-order valence-corrected chi connectivity index (χ1v) is 5.80. The van der Waals surface area contributed by atoms with Crippen LogP contribution in [0.5, 0.6) is 0 Å². The van der Waals surface area contributed by atoms with Crippen LogP contribution < -0.4 is 5.32 Å². The van der Waals surface area contributed by atoms with Gasteiger partial charge in [0.05, 0.1) is 0 Å². The molecule has 1 saturated heterocycles. The van der Waals surface area contributed by atoms with Gasteiger partial charge in [0.25, 0.3) is 5.91 Å². The summed E-state index contributed by atoms with van der Waals surface area (Å²) in [7, 11) is 0. The average Bonchev–Trinajstić information content (AvgIpc) is 2.30. The van der Waals surface area contributed by atoms with Crippen molar-refractivity contribution in [2.24, 2.45) is 0 Å². The molecular formula is C12H19N3O. The van der Waals surface area contributed by atoms with E-state index in [1.54, 1.807) is 4.90 Å². The molecule has 1 aliphatic rings. The SMILES string of the molecule is CC(C)N/C=C(/C#N)C(=O)N1CCCCC1. The van der Waals surface area contributed by atoms with E-state index in [-0.39, 0.29) is 17.5 Å². The third-order valence-electron chi connectivity index (χ3n) is 2.56. The third kappa shape index (κ3) is 3.58. The van der Waals surface area contributed by atoms with E-state index in [1.807, 2.05) is 19.9 Å². The Kier molecular flexibility index (Phi) is 4.84. The van der Waals surface area contributed by atoms with Gasteiger partial charge in [0.2, 0.25) is 0 Å². The fourth-order valence-corrected chi connectivity index (χ4v) is 1.66. The lowest BCUT2D eigenvalue weighted by Gasteiger charge is -2.26. The van der Waals surface area contributed by atoms with Crippen LogP contribution in [0.3, 0.4) is 0 Å². The third-order valence-corrected chi connectivity index (χ3v) is 2.56. The number of carbonyl (C=O) groups excluding carboxylic acids is 1. The second-order valence-corrected chi connectivity index (χ2v) is 4.34. The molecule has 1 rings (SSSR count). The van der Waals surface area contributed by atoms with E-state index in [9.17, 15) is 4.79 Å².